The minimum atomic E-state index is -0.469. The molecule has 3 amide bonds. The normalized spacial score (nSPS) is 26.6. The van der Waals surface area contributed by atoms with Crippen LogP contribution in [0.15, 0.2) is 0 Å². The first kappa shape index (κ1) is 19.1. The monoisotopic (exact) mass is 356 g/mol. The van der Waals surface area contributed by atoms with Gasteiger partial charge in [-0.2, -0.15) is 11.8 Å². The largest absolute Gasteiger partial charge is 0.337 e. The summed E-state index contributed by atoms with van der Waals surface area (Å²) in [6.45, 7) is 5.40. The van der Waals surface area contributed by atoms with Crippen LogP contribution in [0.4, 0.5) is 0 Å². The van der Waals surface area contributed by atoms with Crippen LogP contribution in [0.3, 0.4) is 0 Å². The fourth-order valence-electron chi connectivity index (χ4n) is 3.36. The Morgan fingerprint density at radius 2 is 2.08 bits per heavy atom. The van der Waals surface area contributed by atoms with Crippen LogP contribution in [0.1, 0.15) is 26.7 Å². The van der Waals surface area contributed by atoms with Crippen molar-refractivity contribution < 1.29 is 14.4 Å². The van der Waals surface area contributed by atoms with E-state index in [1.807, 2.05) is 11.2 Å². The third kappa shape index (κ3) is 3.69. The number of hydrazine groups is 1. The van der Waals surface area contributed by atoms with Gasteiger partial charge in [0.1, 0.15) is 12.2 Å². The van der Waals surface area contributed by atoms with Gasteiger partial charge in [0, 0.05) is 13.6 Å². The van der Waals surface area contributed by atoms with E-state index in [0.717, 1.165) is 18.6 Å². The molecule has 0 bridgehead atoms. The summed E-state index contributed by atoms with van der Waals surface area (Å²) in [5.41, 5.74) is 0. The fourth-order valence-corrected chi connectivity index (χ4v) is 3.82. The van der Waals surface area contributed by atoms with Crippen LogP contribution in [0.5, 0.6) is 0 Å². The summed E-state index contributed by atoms with van der Waals surface area (Å²) in [5, 5.41) is 3.18. The number of nitrogens with zero attached hydrogens (tertiary/aromatic N) is 4. The summed E-state index contributed by atoms with van der Waals surface area (Å²) in [5.74, 6) is 1.14. The second-order valence-corrected chi connectivity index (χ2v) is 7.62. The molecule has 0 spiro atoms. The van der Waals surface area contributed by atoms with Crippen molar-refractivity contribution >= 4 is 30.0 Å². The molecule has 2 fully saturated rings. The molecule has 2 saturated heterocycles. The molecule has 2 heterocycles. The van der Waals surface area contributed by atoms with Crippen molar-refractivity contribution in [2.45, 2.75) is 38.9 Å². The predicted octanol–water partition coefficient (Wildman–Crippen LogP) is 0.470. The zero-order valence-electron chi connectivity index (χ0n) is 15.0. The lowest BCUT2D eigenvalue weighted by atomic mass is 10.0. The molecule has 0 aromatic carbocycles. The predicted molar refractivity (Wildman–Crippen MR) is 94.0 cm³/mol. The van der Waals surface area contributed by atoms with Crippen molar-refractivity contribution in [2.75, 3.05) is 38.7 Å². The topological polar surface area (TPSA) is 64.2 Å². The summed E-state index contributed by atoms with van der Waals surface area (Å²) >= 11 is 1.66. The first-order chi connectivity index (χ1) is 11.4. The average Bonchev–Trinajstić information content (AvgIpc) is 2.55. The standard InChI is InChI=1S/C16H28N4O3S/c1-5-12(2)8-18-9-14-19(11-21)17(3)10-15(22)20(14)13(16(18)23)6-7-24-4/h11-14H,5-10H2,1-4H3/t12?,13-,14?/m0/s1. The van der Waals surface area contributed by atoms with Gasteiger partial charge in [0.25, 0.3) is 0 Å². The maximum atomic E-state index is 13.0. The van der Waals surface area contributed by atoms with E-state index >= 15 is 0 Å². The number of likely N-dealkylation sites (N-methyl/N-ethyl adjacent to an activating group) is 1. The van der Waals surface area contributed by atoms with Gasteiger partial charge in [-0.3, -0.25) is 19.4 Å². The molecule has 2 aliphatic rings. The Labute approximate surface area is 148 Å². The molecule has 0 aromatic heterocycles. The van der Waals surface area contributed by atoms with Crippen LogP contribution in [0.2, 0.25) is 0 Å². The molecule has 2 unspecified atom stereocenters. The van der Waals surface area contributed by atoms with Crippen LogP contribution in [0.25, 0.3) is 0 Å². The van der Waals surface area contributed by atoms with Gasteiger partial charge in [-0.05, 0) is 24.3 Å². The molecule has 0 aliphatic carbocycles. The van der Waals surface area contributed by atoms with Crippen molar-refractivity contribution in [3.8, 4) is 0 Å². The molecule has 24 heavy (non-hydrogen) atoms. The molecule has 136 valence electrons. The SMILES string of the molecule is CCC(C)CN1CC2N(C(=O)CN(C)N2C=O)[C@@H](CCSC)C1=O. The molecule has 0 saturated carbocycles. The van der Waals surface area contributed by atoms with Crippen molar-refractivity contribution in [3.63, 3.8) is 0 Å². The molecular weight excluding hydrogens is 328 g/mol. The first-order valence-corrected chi connectivity index (χ1v) is 9.87. The number of rotatable bonds is 7. The number of carbonyl (C=O) groups is 3. The summed E-state index contributed by atoms with van der Waals surface area (Å²) in [6.07, 6.45) is 3.96. The molecule has 2 rings (SSSR count). The highest BCUT2D eigenvalue weighted by atomic mass is 32.2. The lowest BCUT2D eigenvalue weighted by molar-refractivity contribution is -0.196. The Kier molecular flexibility index (Phi) is 6.51. The third-order valence-electron chi connectivity index (χ3n) is 4.92. The third-order valence-corrected chi connectivity index (χ3v) is 5.57. The minimum Gasteiger partial charge on any atom is -0.337 e. The Hall–Kier alpha value is -1.28. The highest BCUT2D eigenvalue weighted by Gasteiger charge is 2.48. The van der Waals surface area contributed by atoms with Crippen molar-refractivity contribution in [3.05, 3.63) is 0 Å². The van der Waals surface area contributed by atoms with E-state index in [-0.39, 0.29) is 18.4 Å². The number of thioether (sulfide) groups is 1. The van der Waals surface area contributed by atoms with E-state index in [0.29, 0.717) is 25.4 Å². The van der Waals surface area contributed by atoms with Gasteiger partial charge in [0.2, 0.25) is 18.2 Å². The lowest BCUT2D eigenvalue weighted by Gasteiger charge is -2.54. The maximum Gasteiger partial charge on any atom is 0.245 e. The van der Waals surface area contributed by atoms with E-state index in [2.05, 4.69) is 13.8 Å². The number of amides is 3. The van der Waals surface area contributed by atoms with E-state index in [1.54, 1.807) is 33.7 Å². The van der Waals surface area contributed by atoms with Crippen molar-refractivity contribution in [1.29, 1.82) is 0 Å². The van der Waals surface area contributed by atoms with Crippen LogP contribution in [-0.4, -0.2) is 88.9 Å². The molecule has 0 radical (unpaired) electrons. The molecule has 3 atom stereocenters. The second-order valence-electron chi connectivity index (χ2n) is 6.64. The highest BCUT2D eigenvalue weighted by Crippen LogP contribution is 2.27. The molecule has 2 aliphatic heterocycles. The van der Waals surface area contributed by atoms with Gasteiger partial charge in [-0.15, -0.1) is 0 Å². The summed E-state index contributed by atoms with van der Waals surface area (Å²) in [7, 11) is 1.73. The Morgan fingerprint density at radius 1 is 1.38 bits per heavy atom. The maximum absolute atomic E-state index is 13.0. The number of fused-ring (bicyclic) bond motifs is 1. The number of piperazine rings is 1. The van der Waals surface area contributed by atoms with Gasteiger partial charge in [0.05, 0.1) is 13.1 Å². The van der Waals surface area contributed by atoms with E-state index in [9.17, 15) is 14.4 Å². The number of hydrogen-bond acceptors (Lipinski definition) is 5. The number of carbonyl (C=O) groups excluding carboxylic acids is 3. The minimum absolute atomic E-state index is 0.0179. The van der Waals surface area contributed by atoms with Gasteiger partial charge in [0.15, 0.2) is 0 Å². The van der Waals surface area contributed by atoms with E-state index in [1.165, 1.54) is 0 Å². The smallest absolute Gasteiger partial charge is 0.245 e. The van der Waals surface area contributed by atoms with Gasteiger partial charge in [-0.25, -0.2) is 5.01 Å². The molecule has 0 aromatic rings. The zero-order valence-corrected chi connectivity index (χ0v) is 15.8. The highest BCUT2D eigenvalue weighted by molar-refractivity contribution is 7.98. The Bertz CT molecular complexity index is 490. The van der Waals surface area contributed by atoms with Gasteiger partial charge in [-0.1, -0.05) is 20.3 Å². The average molecular weight is 356 g/mol. The molecule has 7 nitrogen and oxygen atoms in total. The fraction of sp³-hybridized carbons (Fsp3) is 0.812. The number of hydrogen-bond donors (Lipinski definition) is 0. The molecule has 0 N–H and O–H groups in total. The van der Waals surface area contributed by atoms with Crippen LogP contribution >= 0.6 is 11.8 Å². The van der Waals surface area contributed by atoms with Crippen LogP contribution in [-0.2, 0) is 14.4 Å². The van der Waals surface area contributed by atoms with Crippen molar-refractivity contribution in [1.82, 2.24) is 19.8 Å². The van der Waals surface area contributed by atoms with Gasteiger partial charge < -0.3 is 9.80 Å². The van der Waals surface area contributed by atoms with Crippen molar-refractivity contribution in [2.24, 2.45) is 5.92 Å². The molecule has 8 heteroatoms. The lowest BCUT2D eigenvalue weighted by Crippen LogP contribution is -2.74. The van der Waals surface area contributed by atoms with Gasteiger partial charge >= 0.3 is 0 Å². The summed E-state index contributed by atoms with van der Waals surface area (Å²) < 4.78 is 0. The van der Waals surface area contributed by atoms with E-state index < -0.39 is 12.2 Å². The first-order valence-electron chi connectivity index (χ1n) is 8.48. The second kappa shape index (κ2) is 8.20. The Balaban J connectivity index is 2.30. The quantitative estimate of drug-likeness (QED) is 0.621. The molecular formula is C16H28N4O3S. The zero-order chi connectivity index (χ0) is 17.9. The Morgan fingerprint density at radius 3 is 2.67 bits per heavy atom. The van der Waals surface area contributed by atoms with Crippen LogP contribution < -0.4 is 0 Å². The summed E-state index contributed by atoms with van der Waals surface area (Å²) in [6, 6.07) is -0.469. The van der Waals surface area contributed by atoms with Crippen LogP contribution in [0, 0.1) is 5.92 Å². The van der Waals surface area contributed by atoms with E-state index in [4.69, 9.17) is 0 Å². The summed E-state index contributed by atoms with van der Waals surface area (Å²) in [4.78, 5) is 40.6.